The third-order valence-electron chi connectivity index (χ3n) is 5.80. The van der Waals surface area contributed by atoms with Gasteiger partial charge in [0.25, 0.3) is 5.91 Å². The van der Waals surface area contributed by atoms with Crippen molar-refractivity contribution in [1.29, 1.82) is 0 Å². The number of halogens is 3. The largest absolute Gasteiger partial charge is 0.573 e. The van der Waals surface area contributed by atoms with E-state index in [0.717, 1.165) is 43.8 Å². The number of hydrogen-bond donors (Lipinski definition) is 3. The molecule has 3 aromatic rings. The Bertz CT molecular complexity index is 1230. The summed E-state index contributed by atoms with van der Waals surface area (Å²) >= 11 is 0. The lowest BCUT2D eigenvalue weighted by atomic mass is 10.2. The first-order valence-corrected chi connectivity index (χ1v) is 12.4. The third kappa shape index (κ3) is 9.00. The predicted molar refractivity (Wildman–Crippen MR) is 138 cm³/mol. The lowest BCUT2D eigenvalue weighted by Gasteiger charge is -2.26. The zero-order chi connectivity index (χ0) is 27.7. The number of carbonyl (C=O) groups excluding carboxylic acids is 2. The van der Waals surface area contributed by atoms with Crippen molar-refractivity contribution >= 4 is 23.4 Å². The van der Waals surface area contributed by atoms with E-state index in [9.17, 15) is 22.8 Å². The van der Waals surface area contributed by atoms with E-state index in [2.05, 4.69) is 30.6 Å². The van der Waals surface area contributed by atoms with Crippen LogP contribution in [-0.4, -0.2) is 72.1 Å². The molecule has 2 aromatic carbocycles. The second-order valence-electron chi connectivity index (χ2n) is 8.78. The number of morpholine rings is 1. The fourth-order valence-electron chi connectivity index (χ4n) is 3.99. The number of benzene rings is 2. The van der Waals surface area contributed by atoms with Crippen molar-refractivity contribution in [2.45, 2.75) is 19.3 Å². The lowest BCUT2D eigenvalue weighted by Crippen LogP contribution is -2.38. The van der Waals surface area contributed by atoms with Gasteiger partial charge in [-0.2, -0.15) is 0 Å². The van der Waals surface area contributed by atoms with Crippen molar-refractivity contribution in [2.24, 2.45) is 0 Å². The maximum absolute atomic E-state index is 13.0. The fraction of sp³-hybridized carbons (Fsp3) is 0.346. The minimum absolute atomic E-state index is 0.133. The Balaban J connectivity index is 1.37. The van der Waals surface area contributed by atoms with Gasteiger partial charge in [0.1, 0.15) is 5.75 Å². The van der Waals surface area contributed by atoms with Crippen LogP contribution in [-0.2, 0) is 11.3 Å². The number of imidazole rings is 1. The number of hydrogen-bond acceptors (Lipinski definition) is 6. The molecule has 2 heterocycles. The van der Waals surface area contributed by atoms with Crippen LogP contribution in [0.3, 0.4) is 0 Å². The molecule has 3 N–H and O–H groups in total. The first-order valence-electron chi connectivity index (χ1n) is 12.4. The molecule has 0 atom stereocenters. The molecule has 1 fully saturated rings. The summed E-state index contributed by atoms with van der Waals surface area (Å²) in [5, 5.41) is 7.97. The highest BCUT2D eigenvalue weighted by molar-refractivity contribution is 5.99. The topological polar surface area (TPSA) is 110 Å². The van der Waals surface area contributed by atoms with Gasteiger partial charge in [0.05, 0.1) is 13.2 Å². The van der Waals surface area contributed by atoms with E-state index in [4.69, 9.17) is 4.74 Å². The third-order valence-corrected chi connectivity index (χ3v) is 5.80. The standard InChI is InChI=1S/C26H29F3N6O4/c27-26(28,29)39-21-9-7-20(8-10-21)31-25(37)33-22-18-35(17-19-5-2-1-3-6-19)23(32-22)24(36)30-11-4-12-34-13-15-38-16-14-34/h1-3,5-10,18H,4,11-17H2,(H,30,36)(H2,31,33,37). The van der Waals surface area contributed by atoms with E-state index in [-0.39, 0.29) is 23.2 Å². The summed E-state index contributed by atoms with van der Waals surface area (Å²) < 4.78 is 47.8. The molecule has 0 spiro atoms. The van der Waals surface area contributed by atoms with E-state index < -0.39 is 18.1 Å². The van der Waals surface area contributed by atoms with Crippen LogP contribution in [0.2, 0.25) is 0 Å². The molecule has 0 bridgehead atoms. The molecule has 208 valence electrons. The van der Waals surface area contributed by atoms with Crippen molar-refractivity contribution < 1.29 is 32.2 Å². The number of aromatic nitrogens is 2. The van der Waals surface area contributed by atoms with E-state index in [0.29, 0.717) is 26.3 Å². The van der Waals surface area contributed by atoms with Gasteiger partial charge in [-0.1, -0.05) is 30.3 Å². The molecule has 39 heavy (non-hydrogen) atoms. The molecular formula is C26H29F3N6O4. The molecule has 1 aliphatic heterocycles. The Morgan fingerprint density at radius 3 is 2.41 bits per heavy atom. The van der Waals surface area contributed by atoms with Crippen molar-refractivity contribution in [3.05, 3.63) is 72.2 Å². The molecule has 1 aromatic heterocycles. The van der Waals surface area contributed by atoms with Crippen LogP contribution in [0.4, 0.5) is 29.5 Å². The molecule has 13 heteroatoms. The quantitative estimate of drug-likeness (QED) is 0.333. The summed E-state index contributed by atoms with van der Waals surface area (Å²) in [7, 11) is 0. The molecule has 4 rings (SSSR count). The van der Waals surface area contributed by atoms with Crippen LogP contribution in [0.5, 0.6) is 5.75 Å². The molecule has 0 aliphatic carbocycles. The monoisotopic (exact) mass is 546 g/mol. The number of rotatable bonds is 10. The Morgan fingerprint density at radius 2 is 1.72 bits per heavy atom. The van der Waals surface area contributed by atoms with Crippen LogP contribution in [0.15, 0.2) is 60.8 Å². The fourth-order valence-corrected chi connectivity index (χ4v) is 3.99. The maximum atomic E-state index is 13.0. The smallest absolute Gasteiger partial charge is 0.406 e. The first-order chi connectivity index (χ1) is 18.7. The number of amides is 3. The van der Waals surface area contributed by atoms with Gasteiger partial charge in [-0.15, -0.1) is 13.2 Å². The SMILES string of the molecule is O=C(Nc1ccc(OC(F)(F)F)cc1)Nc1cn(Cc2ccccc2)c(C(=O)NCCCN2CCOCC2)n1. The number of nitrogens with zero attached hydrogens (tertiary/aromatic N) is 3. The normalized spacial score (nSPS) is 14.0. The van der Waals surface area contributed by atoms with Crippen LogP contribution in [0.25, 0.3) is 0 Å². The van der Waals surface area contributed by atoms with Gasteiger partial charge in [0.15, 0.2) is 5.82 Å². The Kier molecular flexibility index (Phi) is 9.39. The Morgan fingerprint density at radius 1 is 1.00 bits per heavy atom. The van der Waals surface area contributed by atoms with Crippen LogP contribution >= 0.6 is 0 Å². The highest BCUT2D eigenvalue weighted by Gasteiger charge is 2.31. The van der Waals surface area contributed by atoms with Crippen molar-refractivity contribution in [3.63, 3.8) is 0 Å². The van der Waals surface area contributed by atoms with Crippen molar-refractivity contribution in [2.75, 3.05) is 50.0 Å². The molecular weight excluding hydrogens is 517 g/mol. The number of anilines is 2. The average Bonchev–Trinajstić information content (AvgIpc) is 3.29. The molecule has 0 radical (unpaired) electrons. The van der Waals surface area contributed by atoms with Gasteiger partial charge >= 0.3 is 12.4 Å². The Hall–Kier alpha value is -4.10. The van der Waals surface area contributed by atoms with Gasteiger partial charge < -0.3 is 24.7 Å². The van der Waals surface area contributed by atoms with Crippen LogP contribution < -0.4 is 20.7 Å². The van der Waals surface area contributed by atoms with Crippen LogP contribution in [0.1, 0.15) is 22.6 Å². The highest BCUT2D eigenvalue weighted by atomic mass is 19.4. The molecule has 0 unspecified atom stereocenters. The Labute approximate surface area is 223 Å². The van der Waals surface area contributed by atoms with Crippen LogP contribution in [0, 0.1) is 0 Å². The average molecular weight is 547 g/mol. The summed E-state index contributed by atoms with van der Waals surface area (Å²) in [6, 6.07) is 13.5. The van der Waals surface area contributed by atoms with Gasteiger partial charge in [-0.25, -0.2) is 9.78 Å². The zero-order valence-electron chi connectivity index (χ0n) is 21.0. The van der Waals surface area contributed by atoms with Crippen molar-refractivity contribution in [3.8, 4) is 5.75 Å². The van der Waals surface area contributed by atoms with Gasteiger partial charge in [-0.05, 0) is 42.8 Å². The number of carbonyl (C=O) groups is 2. The summed E-state index contributed by atoms with van der Waals surface area (Å²) in [6.07, 6.45) is -2.49. The minimum Gasteiger partial charge on any atom is -0.406 e. The zero-order valence-corrected chi connectivity index (χ0v) is 21.0. The van der Waals surface area contributed by atoms with E-state index in [1.54, 1.807) is 10.8 Å². The second-order valence-corrected chi connectivity index (χ2v) is 8.78. The summed E-state index contributed by atoms with van der Waals surface area (Å²) in [6.45, 7) is 4.84. The molecule has 0 saturated carbocycles. The number of urea groups is 1. The minimum atomic E-state index is -4.81. The molecule has 3 amide bonds. The molecule has 1 aliphatic rings. The summed E-state index contributed by atoms with van der Waals surface area (Å²) in [5.74, 6) is -0.511. The molecule has 10 nitrogen and oxygen atoms in total. The number of nitrogens with one attached hydrogen (secondary N) is 3. The summed E-state index contributed by atoms with van der Waals surface area (Å²) in [5.41, 5.74) is 1.18. The number of ether oxygens (including phenoxy) is 2. The van der Waals surface area contributed by atoms with Gasteiger partial charge in [0.2, 0.25) is 5.82 Å². The number of alkyl halides is 3. The summed E-state index contributed by atoms with van der Waals surface area (Å²) in [4.78, 5) is 32.1. The predicted octanol–water partition coefficient (Wildman–Crippen LogP) is 3.93. The van der Waals surface area contributed by atoms with Gasteiger partial charge in [-0.3, -0.25) is 15.0 Å². The van der Waals surface area contributed by atoms with E-state index in [1.165, 1.54) is 12.1 Å². The second kappa shape index (κ2) is 13.1. The van der Waals surface area contributed by atoms with Crippen molar-refractivity contribution in [1.82, 2.24) is 19.8 Å². The van der Waals surface area contributed by atoms with Gasteiger partial charge in [0, 0.05) is 38.1 Å². The maximum Gasteiger partial charge on any atom is 0.573 e. The highest BCUT2D eigenvalue weighted by Crippen LogP contribution is 2.24. The van der Waals surface area contributed by atoms with E-state index in [1.807, 2.05) is 30.3 Å². The molecule has 1 saturated heterocycles. The lowest BCUT2D eigenvalue weighted by molar-refractivity contribution is -0.274. The van der Waals surface area contributed by atoms with E-state index >= 15 is 0 Å². The first kappa shape index (κ1) is 27.9.